The lowest BCUT2D eigenvalue weighted by atomic mass is 9.99. The van der Waals surface area contributed by atoms with Crippen molar-refractivity contribution in [3.8, 4) is 0 Å². The summed E-state index contributed by atoms with van der Waals surface area (Å²) in [4.78, 5) is 47.5. The van der Waals surface area contributed by atoms with Gasteiger partial charge in [-0.3, -0.25) is 14.7 Å². The summed E-state index contributed by atoms with van der Waals surface area (Å²) in [5.74, 6) is -1.13. The maximum absolute atomic E-state index is 12.5. The van der Waals surface area contributed by atoms with Crippen LogP contribution in [0.5, 0.6) is 0 Å². The number of esters is 1. The van der Waals surface area contributed by atoms with Crippen LogP contribution in [0.1, 0.15) is 37.8 Å². The molecule has 0 spiro atoms. The largest absolute Gasteiger partial charge is 0.464 e. The van der Waals surface area contributed by atoms with E-state index in [2.05, 4.69) is 25.6 Å². The maximum Gasteiger partial charge on any atom is 0.356 e. The number of fused-ring (bicyclic) bond motifs is 1. The summed E-state index contributed by atoms with van der Waals surface area (Å²) in [6, 6.07) is -0.340. The zero-order valence-electron chi connectivity index (χ0n) is 14.2. The average Bonchev–Trinajstić information content (AvgIpc) is 3.09. The number of nitrogens with zero attached hydrogens (tertiary/aromatic N) is 1. The Morgan fingerprint density at radius 2 is 2.12 bits per heavy atom. The minimum atomic E-state index is -0.761. The van der Waals surface area contributed by atoms with Crippen LogP contribution in [-0.2, 0) is 9.47 Å². The van der Waals surface area contributed by atoms with E-state index < -0.39 is 17.5 Å². The van der Waals surface area contributed by atoms with Crippen molar-refractivity contribution in [2.75, 3.05) is 33.2 Å². The third-order valence-corrected chi connectivity index (χ3v) is 4.46. The molecule has 3 N–H and O–H groups in total. The second-order valence-corrected chi connectivity index (χ2v) is 6.16. The van der Waals surface area contributed by atoms with E-state index in [-0.39, 0.29) is 34.6 Å². The first-order chi connectivity index (χ1) is 12.5. The number of aromatic nitrogens is 2. The highest BCUT2D eigenvalue weighted by Gasteiger charge is 2.34. The van der Waals surface area contributed by atoms with Gasteiger partial charge in [-0.25, -0.2) is 9.59 Å². The summed E-state index contributed by atoms with van der Waals surface area (Å²) in [5, 5.41) is 11.0. The van der Waals surface area contributed by atoms with Gasteiger partial charge in [-0.05, 0) is 6.42 Å². The second kappa shape index (κ2) is 9.15. The number of hydrogen-bond acceptors (Lipinski definition) is 8. The second-order valence-electron chi connectivity index (χ2n) is 5.03. The predicted octanol–water partition coefficient (Wildman–Crippen LogP) is 0.486. The van der Waals surface area contributed by atoms with Crippen molar-refractivity contribution >= 4 is 35.3 Å². The Kier molecular flexibility index (Phi) is 6.92. The van der Waals surface area contributed by atoms with E-state index in [0.29, 0.717) is 18.8 Å². The number of aromatic amines is 1. The summed E-state index contributed by atoms with van der Waals surface area (Å²) >= 11 is 1.19. The number of amides is 2. The monoisotopic (exact) mass is 382 g/mol. The van der Waals surface area contributed by atoms with Gasteiger partial charge in [-0.1, -0.05) is 0 Å². The molecule has 1 aromatic heterocycles. The molecule has 11 heteroatoms. The third kappa shape index (κ3) is 4.49. The minimum Gasteiger partial charge on any atom is -0.464 e. The smallest absolute Gasteiger partial charge is 0.356 e. The van der Waals surface area contributed by atoms with Gasteiger partial charge >= 0.3 is 12.0 Å². The van der Waals surface area contributed by atoms with Gasteiger partial charge < -0.3 is 20.1 Å². The Morgan fingerprint density at radius 3 is 2.81 bits per heavy atom. The van der Waals surface area contributed by atoms with Gasteiger partial charge in [0.25, 0.3) is 0 Å². The molecule has 2 amide bonds. The van der Waals surface area contributed by atoms with Crippen LogP contribution in [-0.4, -0.2) is 67.0 Å². The molecule has 140 valence electrons. The number of allylic oxidation sites excluding steroid dienone is 2. The molecule has 0 saturated heterocycles. The fraction of sp³-hybridized carbons (Fsp3) is 0.400. The van der Waals surface area contributed by atoms with Gasteiger partial charge in [0.2, 0.25) is 11.6 Å². The van der Waals surface area contributed by atoms with E-state index in [0.717, 1.165) is 0 Å². The molecule has 0 atom stereocenters. The maximum atomic E-state index is 12.5. The molecule has 0 unspecified atom stereocenters. The quantitative estimate of drug-likeness (QED) is 0.335. The molecule has 0 fully saturated rings. The minimum absolute atomic E-state index is 0.0575. The fourth-order valence-corrected chi connectivity index (χ4v) is 3.00. The molecular formula is C15H18N4O6S. The van der Waals surface area contributed by atoms with Crippen molar-refractivity contribution in [1.29, 1.82) is 0 Å². The first-order valence-corrected chi connectivity index (χ1v) is 8.61. The van der Waals surface area contributed by atoms with Gasteiger partial charge in [-0.15, -0.1) is 11.8 Å². The summed E-state index contributed by atoms with van der Waals surface area (Å²) in [6.07, 6.45) is 1.81. The molecule has 0 saturated carbocycles. The molecule has 0 bridgehead atoms. The Hall–Kier alpha value is -2.66. The molecular weight excluding hydrogens is 364 g/mol. The van der Waals surface area contributed by atoms with E-state index in [9.17, 15) is 19.2 Å². The van der Waals surface area contributed by atoms with Crippen molar-refractivity contribution in [2.24, 2.45) is 0 Å². The first kappa shape index (κ1) is 19.7. The van der Waals surface area contributed by atoms with E-state index in [1.807, 2.05) is 0 Å². The number of urea groups is 1. The van der Waals surface area contributed by atoms with E-state index in [1.165, 1.54) is 32.0 Å². The topological polar surface area (TPSA) is 139 Å². The summed E-state index contributed by atoms with van der Waals surface area (Å²) in [7, 11) is 2.68. The highest BCUT2D eigenvalue weighted by molar-refractivity contribution is 8.04. The SMILES string of the molecule is CNC(=O)NCOCCCSC1=CC(=O)c2n[nH]c(C(=O)OC)c2C1=O. The molecule has 0 radical (unpaired) electrons. The highest BCUT2D eigenvalue weighted by atomic mass is 32.2. The van der Waals surface area contributed by atoms with Crippen LogP contribution in [0.25, 0.3) is 0 Å². The fourth-order valence-electron chi connectivity index (χ4n) is 2.09. The first-order valence-electron chi connectivity index (χ1n) is 7.63. The van der Waals surface area contributed by atoms with E-state index >= 15 is 0 Å². The molecule has 26 heavy (non-hydrogen) atoms. The molecule has 1 aromatic rings. The van der Waals surface area contributed by atoms with Crippen LogP contribution in [0.15, 0.2) is 11.0 Å². The number of methoxy groups -OCH3 is 1. The molecule has 0 aliphatic heterocycles. The van der Waals surface area contributed by atoms with Crippen LogP contribution >= 0.6 is 11.8 Å². The van der Waals surface area contributed by atoms with Crippen molar-refractivity contribution in [3.05, 3.63) is 27.9 Å². The highest BCUT2D eigenvalue weighted by Crippen LogP contribution is 2.29. The predicted molar refractivity (Wildman–Crippen MR) is 92.2 cm³/mol. The summed E-state index contributed by atoms with van der Waals surface area (Å²) in [5.41, 5.74) is -0.267. The zero-order chi connectivity index (χ0) is 19.1. The summed E-state index contributed by atoms with van der Waals surface area (Å²) in [6.45, 7) is 0.447. The number of ketones is 2. The molecule has 2 rings (SSSR count). The van der Waals surface area contributed by atoms with Crippen LogP contribution < -0.4 is 10.6 Å². The molecule has 1 aliphatic rings. The van der Waals surface area contributed by atoms with E-state index in [4.69, 9.17) is 4.74 Å². The van der Waals surface area contributed by atoms with Crippen LogP contribution in [0.2, 0.25) is 0 Å². The number of Topliss-reactive ketones (excluding diaryl/α,β-unsaturated/α-hetero) is 1. The Bertz CT molecular complexity index is 757. The average molecular weight is 382 g/mol. The Morgan fingerprint density at radius 1 is 1.35 bits per heavy atom. The lowest BCUT2D eigenvalue weighted by molar-refractivity contribution is 0.0591. The van der Waals surface area contributed by atoms with Crippen LogP contribution in [0.3, 0.4) is 0 Å². The third-order valence-electron chi connectivity index (χ3n) is 3.35. The molecule has 1 aliphatic carbocycles. The van der Waals surface area contributed by atoms with Crippen molar-refractivity contribution in [2.45, 2.75) is 6.42 Å². The molecule has 10 nitrogen and oxygen atoms in total. The number of carbonyl (C=O) groups excluding carboxylic acids is 4. The number of rotatable bonds is 8. The van der Waals surface area contributed by atoms with Gasteiger partial charge in [0.05, 0.1) is 17.6 Å². The number of thioether (sulfide) groups is 1. The zero-order valence-corrected chi connectivity index (χ0v) is 15.0. The number of carbonyl (C=O) groups is 4. The Balaban J connectivity index is 1.87. The summed E-state index contributed by atoms with van der Waals surface area (Å²) < 4.78 is 9.81. The number of nitrogens with one attached hydrogen (secondary N) is 3. The van der Waals surface area contributed by atoms with Gasteiger partial charge in [0.1, 0.15) is 12.4 Å². The lowest BCUT2D eigenvalue weighted by Crippen LogP contribution is -2.34. The van der Waals surface area contributed by atoms with Gasteiger partial charge in [0.15, 0.2) is 5.69 Å². The van der Waals surface area contributed by atoms with Gasteiger partial charge in [-0.2, -0.15) is 5.10 Å². The van der Waals surface area contributed by atoms with Gasteiger partial charge in [0, 0.05) is 25.5 Å². The Labute approximate surface area is 153 Å². The van der Waals surface area contributed by atoms with Crippen molar-refractivity contribution in [3.63, 3.8) is 0 Å². The number of hydrogen-bond donors (Lipinski definition) is 3. The standard InChI is InChI=1S/C15H18N4O6S/c1-16-15(23)17-7-25-4-3-5-26-9-6-8(20)11-10(13(9)21)12(19-18-11)14(22)24-2/h6H,3-5,7H2,1-2H3,(H,18,19)(H2,16,17,23). The van der Waals surface area contributed by atoms with Crippen molar-refractivity contribution < 1.29 is 28.7 Å². The normalized spacial score (nSPS) is 13.1. The number of H-pyrrole nitrogens is 1. The lowest BCUT2D eigenvalue weighted by Gasteiger charge is -2.11. The van der Waals surface area contributed by atoms with Crippen LogP contribution in [0, 0.1) is 0 Å². The molecule has 0 aromatic carbocycles. The number of ether oxygens (including phenoxy) is 2. The van der Waals surface area contributed by atoms with Crippen molar-refractivity contribution in [1.82, 2.24) is 20.8 Å². The van der Waals surface area contributed by atoms with E-state index in [1.54, 1.807) is 0 Å². The molecule has 1 heterocycles. The van der Waals surface area contributed by atoms with Crippen LogP contribution in [0.4, 0.5) is 4.79 Å².